The van der Waals surface area contributed by atoms with Gasteiger partial charge in [-0.1, -0.05) is 30.3 Å². The van der Waals surface area contributed by atoms with Gasteiger partial charge in [-0.05, 0) is 48.6 Å². The summed E-state index contributed by atoms with van der Waals surface area (Å²) < 4.78 is 0. The van der Waals surface area contributed by atoms with Crippen LogP contribution >= 0.6 is 0 Å². The zero-order valence-electron chi connectivity index (χ0n) is 11.5. The molecule has 1 aliphatic carbocycles. The fourth-order valence-electron chi connectivity index (χ4n) is 2.81. The zero-order chi connectivity index (χ0) is 14.1. The second kappa shape index (κ2) is 5.00. The predicted octanol–water partition coefficient (Wildman–Crippen LogP) is 2.47. The number of fused-ring (bicyclic) bond motifs is 1. The average Bonchev–Trinajstić information content (AvgIpc) is 2.83. The number of nitrogen functional groups attached to an aromatic ring is 1. The highest BCUT2D eigenvalue weighted by atomic mass is 16.1. The average molecular weight is 266 g/mol. The van der Waals surface area contributed by atoms with Crippen LogP contribution in [0.1, 0.15) is 27.0 Å². The number of hydrogen-bond donors (Lipinski definition) is 2. The minimum Gasteiger partial charge on any atom is -0.399 e. The Balaban J connectivity index is 1.74. The van der Waals surface area contributed by atoms with Gasteiger partial charge in [-0.15, -0.1) is 0 Å². The van der Waals surface area contributed by atoms with Crippen molar-refractivity contribution in [2.24, 2.45) is 0 Å². The first-order chi connectivity index (χ1) is 9.63. The van der Waals surface area contributed by atoms with Crippen molar-refractivity contribution in [2.45, 2.75) is 25.8 Å². The van der Waals surface area contributed by atoms with Gasteiger partial charge in [-0.3, -0.25) is 4.79 Å². The second-order valence-electron chi connectivity index (χ2n) is 5.42. The monoisotopic (exact) mass is 266 g/mol. The Bertz CT molecular complexity index is 639. The van der Waals surface area contributed by atoms with Gasteiger partial charge in [0.1, 0.15) is 0 Å². The van der Waals surface area contributed by atoms with E-state index in [1.807, 2.05) is 31.2 Å². The fourth-order valence-corrected chi connectivity index (χ4v) is 2.81. The molecule has 0 spiro atoms. The number of hydrogen-bond acceptors (Lipinski definition) is 2. The highest BCUT2D eigenvalue weighted by molar-refractivity contribution is 5.96. The van der Waals surface area contributed by atoms with E-state index in [-0.39, 0.29) is 11.9 Å². The summed E-state index contributed by atoms with van der Waals surface area (Å²) in [5.41, 5.74) is 10.7. The van der Waals surface area contributed by atoms with Crippen LogP contribution in [0, 0.1) is 6.92 Å². The van der Waals surface area contributed by atoms with Gasteiger partial charge in [-0.2, -0.15) is 0 Å². The number of amides is 1. The molecule has 1 amide bonds. The Kier molecular flexibility index (Phi) is 3.18. The number of anilines is 1. The summed E-state index contributed by atoms with van der Waals surface area (Å²) in [7, 11) is 0. The third-order valence-electron chi connectivity index (χ3n) is 3.89. The molecule has 2 aromatic rings. The summed E-state index contributed by atoms with van der Waals surface area (Å²) in [6, 6.07) is 14.0. The van der Waals surface area contributed by atoms with Crippen LogP contribution in [0.25, 0.3) is 0 Å². The molecular formula is C17H18N2O. The topological polar surface area (TPSA) is 55.1 Å². The van der Waals surface area contributed by atoms with Gasteiger partial charge in [-0.25, -0.2) is 0 Å². The van der Waals surface area contributed by atoms with E-state index in [0.29, 0.717) is 11.3 Å². The lowest BCUT2D eigenvalue weighted by atomic mass is 10.1. The van der Waals surface area contributed by atoms with Crippen molar-refractivity contribution in [2.75, 3.05) is 5.73 Å². The zero-order valence-corrected chi connectivity index (χ0v) is 11.5. The largest absolute Gasteiger partial charge is 0.399 e. The summed E-state index contributed by atoms with van der Waals surface area (Å²) in [5.74, 6) is -0.0346. The molecule has 0 saturated carbocycles. The molecule has 3 nitrogen and oxygen atoms in total. The molecule has 0 fully saturated rings. The van der Waals surface area contributed by atoms with Gasteiger partial charge in [0.15, 0.2) is 0 Å². The number of benzene rings is 2. The normalized spacial score (nSPS) is 14.1. The summed E-state index contributed by atoms with van der Waals surface area (Å²) in [6.07, 6.45) is 1.81. The molecule has 0 aromatic heterocycles. The van der Waals surface area contributed by atoms with Crippen LogP contribution in [0.4, 0.5) is 5.69 Å². The smallest absolute Gasteiger partial charge is 0.251 e. The maximum atomic E-state index is 12.4. The van der Waals surface area contributed by atoms with E-state index in [4.69, 9.17) is 5.73 Å². The number of rotatable bonds is 2. The van der Waals surface area contributed by atoms with E-state index in [1.54, 1.807) is 6.07 Å². The van der Waals surface area contributed by atoms with Gasteiger partial charge in [0, 0.05) is 17.3 Å². The van der Waals surface area contributed by atoms with E-state index in [2.05, 4.69) is 17.4 Å². The predicted molar refractivity (Wildman–Crippen MR) is 80.7 cm³/mol. The maximum absolute atomic E-state index is 12.4. The molecule has 3 heteroatoms. The number of carbonyl (C=O) groups is 1. The summed E-state index contributed by atoms with van der Waals surface area (Å²) in [6.45, 7) is 1.93. The maximum Gasteiger partial charge on any atom is 0.251 e. The summed E-state index contributed by atoms with van der Waals surface area (Å²) >= 11 is 0. The van der Waals surface area contributed by atoms with E-state index in [0.717, 1.165) is 18.4 Å². The lowest BCUT2D eigenvalue weighted by molar-refractivity contribution is 0.0938. The van der Waals surface area contributed by atoms with Crippen LogP contribution in [0.5, 0.6) is 0 Å². The number of nitrogens with two attached hydrogens (primary N) is 1. The van der Waals surface area contributed by atoms with E-state index >= 15 is 0 Å². The van der Waals surface area contributed by atoms with Gasteiger partial charge >= 0.3 is 0 Å². The Morgan fingerprint density at radius 1 is 1.15 bits per heavy atom. The Morgan fingerprint density at radius 3 is 2.45 bits per heavy atom. The molecule has 0 aliphatic heterocycles. The lowest BCUT2D eigenvalue weighted by Gasteiger charge is -2.13. The number of carbonyl (C=O) groups excluding carboxylic acids is 1. The highest BCUT2D eigenvalue weighted by Crippen LogP contribution is 2.22. The standard InChI is InChI=1S/C17H18N2O/c1-11-6-7-14(18)10-16(11)17(20)19-15-8-12-4-2-3-5-13(12)9-15/h2-7,10,15H,8-9,18H2,1H3,(H,19,20). The van der Waals surface area contributed by atoms with Crippen molar-refractivity contribution in [3.8, 4) is 0 Å². The summed E-state index contributed by atoms with van der Waals surface area (Å²) in [5, 5.41) is 3.12. The minimum atomic E-state index is -0.0346. The Hall–Kier alpha value is -2.29. The number of aryl methyl sites for hydroxylation is 1. The molecule has 20 heavy (non-hydrogen) atoms. The molecular weight excluding hydrogens is 248 g/mol. The van der Waals surface area contributed by atoms with Crippen molar-refractivity contribution in [1.82, 2.24) is 5.32 Å². The SMILES string of the molecule is Cc1ccc(N)cc1C(=O)NC1Cc2ccccc2C1. The van der Waals surface area contributed by atoms with Crippen molar-refractivity contribution in [3.63, 3.8) is 0 Å². The van der Waals surface area contributed by atoms with Crippen LogP contribution in [0.15, 0.2) is 42.5 Å². The van der Waals surface area contributed by atoms with Crippen LogP contribution in [0.2, 0.25) is 0 Å². The quantitative estimate of drug-likeness (QED) is 0.820. The molecule has 0 heterocycles. The first kappa shape index (κ1) is 12.7. The molecule has 3 N–H and O–H groups in total. The fraction of sp³-hybridized carbons (Fsp3) is 0.235. The second-order valence-corrected chi connectivity index (χ2v) is 5.42. The van der Waals surface area contributed by atoms with Gasteiger partial charge in [0.2, 0.25) is 0 Å². The summed E-state index contributed by atoms with van der Waals surface area (Å²) in [4.78, 5) is 12.4. The Morgan fingerprint density at radius 2 is 1.80 bits per heavy atom. The molecule has 0 saturated heterocycles. The van der Waals surface area contributed by atoms with Crippen LogP contribution in [0.3, 0.4) is 0 Å². The highest BCUT2D eigenvalue weighted by Gasteiger charge is 2.23. The van der Waals surface area contributed by atoms with Gasteiger partial charge in [0.25, 0.3) is 5.91 Å². The first-order valence-electron chi connectivity index (χ1n) is 6.87. The third kappa shape index (κ3) is 2.39. The third-order valence-corrected chi connectivity index (χ3v) is 3.89. The molecule has 2 aromatic carbocycles. The lowest BCUT2D eigenvalue weighted by Crippen LogP contribution is -2.35. The molecule has 102 valence electrons. The van der Waals surface area contributed by atoms with Crippen LogP contribution in [-0.2, 0) is 12.8 Å². The van der Waals surface area contributed by atoms with Gasteiger partial charge in [0.05, 0.1) is 0 Å². The van der Waals surface area contributed by atoms with Crippen molar-refractivity contribution in [3.05, 3.63) is 64.7 Å². The van der Waals surface area contributed by atoms with E-state index in [1.165, 1.54) is 11.1 Å². The molecule has 0 atom stereocenters. The molecule has 0 radical (unpaired) electrons. The van der Waals surface area contributed by atoms with Crippen LogP contribution in [-0.4, -0.2) is 11.9 Å². The first-order valence-corrected chi connectivity index (χ1v) is 6.87. The molecule has 0 bridgehead atoms. The van der Waals surface area contributed by atoms with Crippen molar-refractivity contribution < 1.29 is 4.79 Å². The Labute approximate surface area is 118 Å². The molecule has 3 rings (SSSR count). The van der Waals surface area contributed by atoms with Crippen molar-refractivity contribution >= 4 is 11.6 Å². The number of nitrogens with one attached hydrogen (secondary N) is 1. The van der Waals surface area contributed by atoms with Crippen LogP contribution < -0.4 is 11.1 Å². The van der Waals surface area contributed by atoms with Gasteiger partial charge < -0.3 is 11.1 Å². The van der Waals surface area contributed by atoms with E-state index in [9.17, 15) is 4.79 Å². The molecule has 0 unspecified atom stereocenters. The van der Waals surface area contributed by atoms with Crippen molar-refractivity contribution in [1.29, 1.82) is 0 Å². The van der Waals surface area contributed by atoms with E-state index < -0.39 is 0 Å². The minimum absolute atomic E-state index is 0.0346. The molecule has 1 aliphatic rings.